The predicted octanol–water partition coefficient (Wildman–Crippen LogP) is 3.20. The molecule has 1 aromatic carbocycles. The summed E-state index contributed by atoms with van der Waals surface area (Å²) in [4.78, 5) is 12.0. The first-order valence-electron chi connectivity index (χ1n) is 6.01. The van der Waals surface area contributed by atoms with Gasteiger partial charge < -0.3 is 0 Å². The molecule has 0 bridgehead atoms. The number of hydrazone groups is 1. The van der Waals surface area contributed by atoms with Gasteiger partial charge >= 0.3 is 0 Å². The second-order valence-electron chi connectivity index (χ2n) is 4.48. The minimum Gasteiger partial charge on any atom is -0.267 e. The summed E-state index contributed by atoms with van der Waals surface area (Å²) in [7, 11) is -0.171. The summed E-state index contributed by atoms with van der Waals surface area (Å²) in [6, 6.07) is 7.57. The van der Waals surface area contributed by atoms with Gasteiger partial charge in [0.15, 0.2) is 0 Å². The van der Waals surface area contributed by atoms with E-state index in [1.54, 1.807) is 5.55 Å². The van der Waals surface area contributed by atoms with Gasteiger partial charge in [-0.05, 0) is 37.7 Å². The topological polar surface area (TPSA) is 41.5 Å². The SMILES string of the molecule is C=C(C)CCc1ccccc1C(=O)N/N=C/S(=C)C. The Balaban J connectivity index is 2.78. The molecule has 0 aliphatic carbocycles. The fourth-order valence-corrected chi connectivity index (χ4v) is 1.78. The van der Waals surface area contributed by atoms with E-state index < -0.39 is 0 Å². The van der Waals surface area contributed by atoms with Crippen molar-refractivity contribution < 1.29 is 4.79 Å². The van der Waals surface area contributed by atoms with E-state index in [9.17, 15) is 4.79 Å². The lowest BCUT2D eigenvalue weighted by molar-refractivity contribution is 0.0954. The highest BCUT2D eigenvalue weighted by Crippen LogP contribution is 2.13. The maximum absolute atomic E-state index is 12.0. The molecule has 1 atom stereocenters. The quantitative estimate of drug-likeness (QED) is 0.280. The van der Waals surface area contributed by atoms with Crippen LogP contribution in [0.3, 0.4) is 0 Å². The molecular weight excluding hydrogens is 256 g/mol. The van der Waals surface area contributed by atoms with Crippen molar-refractivity contribution >= 4 is 27.8 Å². The highest BCUT2D eigenvalue weighted by Gasteiger charge is 2.09. The van der Waals surface area contributed by atoms with Gasteiger partial charge in [0.2, 0.25) is 0 Å². The van der Waals surface area contributed by atoms with Crippen molar-refractivity contribution in [1.29, 1.82) is 0 Å². The Morgan fingerprint density at radius 2 is 2.16 bits per heavy atom. The van der Waals surface area contributed by atoms with Gasteiger partial charge in [-0.3, -0.25) is 4.79 Å². The Morgan fingerprint density at radius 3 is 2.79 bits per heavy atom. The first-order valence-corrected chi connectivity index (χ1v) is 7.87. The molecule has 0 aliphatic rings. The van der Waals surface area contributed by atoms with E-state index in [1.807, 2.05) is 37.4 Å². The number of allylic oxidation sites excluding steroid dienone is 1. The molecule has 19 heavy (non-hydrogen) atoms. The Labute approximate surface area is 117 Å². The zero-order valence-electron chi connectivity index (χ0n) is 11.5. The number of aryl methyl sites for hydroxylation is 1. The number of rotatable bonds is 6. The average Bonchev–Trinajstić information content (AvgIpc) is 2.36. The van der Waals surface area contributed by atoms with Crippen LogP contribution >= 0.6 is 10.5 Å². The van der Waals surface area contributed by atoms with Crippen LogP contribution in [0.25, 0.3) is 0 Å². The summed E-state index contributed by atoms with van der Waals surface area (Å²) in [5, 5.41) is 3.89. The van der Waals surface area contributed by atoms with Gasteiger partial charge in [0, 0.05) is 5.56 Å². The second-order valence-corrected chi connectivity index (χ2v) is 6.07. The van der Waals surface area contributed by atoms with Gasteiger partial charge in [-0.2, -0.15) is 15.6 Å². The molecule has 0 fully saturated rings. The molecule has 3 nitrogen and oxygen atoms in total. The van der Waals surface area contributed by atoms with Crippen LogP contribution in [0.5, 0.6) is 0 Å². The van der Waals surface area contributed by atoms with Gasteiger partial charge in [0.1, 0.15) is 0 Å². The number of hydrogen-bond acceptors (Lipinski definition) is 2. The Kier molecular flexibility index (Phi) is 6.22. The number of hydrogen-bond donors (Lipinski definition) is 1. The zero-order valence-corrected chi connectivity index (χ0v) is 12.3. The van der Waals surface area contributed by atoms with E-state index in [4.69, 9.17) is 0 Å². The average molecular weight is 276 g/mol. The predicted molar refractivity (Wildman–Crippen MR) is 86.2 cm³/mol. The van der Waals surface area contributed by atoms with Gasteiger partial charge in [0.25, 0.3) is 5.91 Å². The summed E-state index contributed by atoms with van der Waals surface area (Å²) in [5.74, 6) is 3.61. The fraction of sp³-hybridized carbons (Fsp3) is 0.267. The van der Waals surface area contributed by atoms with Crippen molar-refractivity contribution in [3.8, 4) is 0 Å². The van der Waals surface area contributed by atoms with Crippen LogP contribution in [0, 0.1) is 0 Å². The van der Waals surface area contributed by atoms with Gasteiger partial charge in [-0.1, -0.05) is 29.6 Å². The normalized spacial score (nSPS) is 12.3. The van der Waals surface area contributed by atoms with Crippen LogP contribution in [-0.2, 0) is 6.42 Å². The minimum atomic E-state index is -0.181. The number of nitrogens with zero attached hydrogens (tertiary/aromatic N) is 1. The molecule has 0 aromatic heterocycles. The molecule has 1 aromatic rings. The van der Waals surface area contributed by atoms with Gasteiger partial charge in [0.05, 0.1) is 5.55 Å². The molecule has 0 radical (unpaired) electrons. The highest BCUT2D eigenvalue weighted by molar-refractivity contribution is 8.25. The smallest absolute Gasteiger partial charge is 0.267 e. The maximum Gasteiger partial charge on any atom is 0.271 e. The van der Waals surface area contributed by atoms with E-state index in [0.29, 0.717) is 5.56 Å². The lowest BCUT2D eigenvalue weighted by Crippen LogP contribution is -2.19. The number of nitrogens with one attached hydrogen (secondary N) is 1. The molecule has 102 valence electrons. The number of benzene rings is 1. The standard InChI is InChI=1S/C15H20N2OS/c1-12(2)9-10-13-7-5-6-8-14(13)15(18)17-16-11-19(3)4/h5-8,11H,1,3,9-10H2,2,4H3,(H,17,18)/b16-11+. The molecule has 1 unspecified atom stereocenters. The fourth-order valence-electron chi connectivity index (χ4n) is 1.54. The molecule has 0 heterocycles. The van der Waals surface area contributed by atoms with Crippen molar-refractivity contribution in [2.75, 3.05) is 6.26 Å². The van der Waals surface area contributed by atoms with Crippen molar-refractivity contribution in [2.24, 2.45) is 5.10 Å². The summed E-state index contributed by atoms with van der Waals surface area (Å²) in [6.45, 7) is 5.87. The third-order valence-electron chi connectivity index (χ3n) is 2.48. The molecule has 0 aliphatic heterocycles. The lowest BCUT2D eigenvalue weighted by atomic mass is 10.0. The van der Waals surface area contributed by atoms with Crippen LogP contribution in [0.1, 0.15) is 29.3 Å². The molecule has 4 heteroatoms. The molecular formula is C15H20N2OS. The molecule has 0 saturated carbocycles. The van der Waals surface area contributed by atoms with Crippen LogP contribution in [0.4, 0.5) is 0 Å². The van der Waals surface area contributed by atoms with E-state index in [0.717, 1.165) is 24.0 Å². The maximum atomic E-state index is 12.0. The van der Waals surface area contributed by atoms with E-state index in [2.05, 4.69) is 23.0 Å². The van der Waals surface area contributed by atoms with Crippen molar-refractivity contribution in [2.45, 2.75) is 19.8 Å². The molecule has 1 rings (SSSR count). The molecule has 1 N–H and O–H groups in total. The van der Waals surface area contributed by atoms with E-state index in [-0.39, 0.29) is 16.4 Å². The largest absolute Gasteiger partial charge is 0.271 e. The summed E-state index contributed by atoms with van der Waals surface area (Å²) < 4.78 is 0. The molecule has 0 saturated heterocycles. The Hall–Kier alpha value is -1.68. The van der Waals surface area contributed by atoms with E-state index >= 15 is 0 Å². The monoisotopic (exact) mass is 276 g/mol. The first kappa shape index (κ1) is 15.4. The second kappa shape index (κ2) is 7.69. The van der Waals surface area contributed by atoms with Crippen molar-refractivity contribution in [1.82, 2.24) is 5.43 Å². The molecule has 1 amide bonds. The minimum absolute atomic E-state index is 0.171. The van der Waals surface area contributed by atoms with Crippen LogP contribution in [0.2, 0.25) is 0 Å². The van der Waals surface area contributed by atoms with Crippen LogP contribution in [-0.4, -0.2) is 23.6 Å². The number of amides is 1. The summed E-state index contributed by atoms with van der Waals surface area (Å²) in [6.07, 6.45) is 3.62. The number of carbonyl (C=O) groups excluding carboxylic acids is 1. The Morgan fingerprint density at radius 1 is 1.47 bits per heavy atom. The first-order chi connectivity index (χ1) is 9.00. The third kappa shape index (κ3) is 5.66. The van der Waals surface area contributed by atoms with Crippen molar-refractivity contribution in [3.05, 3.63) is 47.5 Å². The third-order valence-corrected chi connectivity index (χ3v) is 2.95. The number of carbonyl (C=O) groups is 1. The van der Waals surface area contributed by atoms with Gasteiger partial charge in [-0.15, -0.1) is 6.58 Å². The zero-order chi connectivity index (χ0) is 14.3. The Bertz CT molecular complexity index is 521. The highest BCUT2D eigenvalue weighted by atomic mass is 32.2. The lowest BCUT2D eigenvalue weighted by Gasteiger charge is -2.07. The summed E-state index contributed by atoms with van der Waals surface area (Å²) >= 11 is 0. The van der Waals surface area contributed by atoms with Crippen molar-refractivity contribution in [3.63, 3.8) is 0 Å². The summed E-state index contributed by atoms with van der Waals surface area (Å²) in [5.41, 5.74) is 6.96. The van der Waals surface area contributed by atoms with Crippen LogP contribution in [0.15, 0.2) is 41.5 Å². The molecule has 0 spiro atoms. The van der Waals surface area contributed by atoms with Gasteiger partial charge in [-0.25, -0.2) is 5.43 Å². The van der Waals surface area contributed by atoms with Crippen LogP contribution < -0.4 is 5.43 Å². The van der Waals surface area contributed by atoms with E-state index in [1.165, 1.54) is 0 Å².